The summed E-state index contributed by atoms with van der Waals surface area (Å²) >= 11 is 12.0. The van der Waals surface area contributed by atoms with E-state index in [2.05, 4.69) is 10.3 Å². The van der Waals surface area contributed by atoms with Crippen molar-refractivity contribution in [2.75, 3.05) is 13.1 Å². The highest BCUT2D eigenvalue weighted by atomic mass is 35.5. The molecule has 1 saturated heterocycles. The number of hydrogen-bond donors (Lipinski definition) is 3. The first-order valence-electron chi connectivity index (χ1n) is 11.4. The van der Waals surface area contributed by atoms with Crippen molar-refractivity contribution in [2.24, 2.45) is 0 Å². The summed E-state index contributed by atoms with van der Waals surface area (Å²) < 4.78 is 79.9. The lowest BCUT2D eigenvalue weighted by Gasteiger charge is -2.15. The largest absolute Gasteiger partial charge is 0.481 e. The normalized spacial score (nSPS) is 15.1. The Morgan fingerprint density at radius 1 is 1.05 bits per heavy atom. The van der Waals surface area contributed by atoms with E-state index in [1.807, 2.05) is 0 Å². The number of benzene rings is 1. The number of aromatic nitrogens is 1. The Morgan fingerprint density at radius 2 is 1.66 bits per heavy atom. The molecule has 1 aliphatic heterocycles. The van der Waals surface area contributed by atoms with Gasteiger partial charge in [-0.3, -0.25) is 24.1 Å². The summed E-state index contributed by atoms with van der Waals surface area (Å²) in [7, 11) is 0. The molecule has 0 spiro atoms. The Morgan fingerprint density at radius 3 is 2.22 bits per heavy atom. The summed E-state index contributed by atoms with van der Waals surface area (Å²) in [5.74, 6) is -2.16. The fraction of sp³-hybridized carbons (Fsp3) is 0.292. The van der Waals surface area contributed by atoms with E-state index in [-0.39, 0.29) is 53.3 Å². The van der Waals surface area contributed by atoms with Gasteiger partial charge < -0.3 is 15.4 Å². The third kappa shape index (κ3) is 8.33. The van der Waals surface area contributed by atoms with Crippen molar-refractivity contribution in [3.8, 4) is 11.3 Å². The van der Waals surface area contributed by atoms with Gasteiger partial charge in [-0.05, 0) is 36.3 Å². The molecule has 2 amide bonds. The zero-order chi connectivity index (χ0) is 30.7. The molecule has 0 aliphatic carbocycles. The number of rotatable bonds is 9. The van der Waals surface area contributed by atoms with E-state index in [0.717, 1.165) is 28.8 Å². The maximum atomic E-state index is 13.3. The molecular formula is C24H18ClF6N3O5S2. The van der Waals surface area contributed by atoms with Gasteiger partial charge in [0.1, 0.15) is 9.34 Å². The zero-order valence-electron chi connectivity index (χ0n) is 20.4. The molecule has 41 heavy (non-hydrogen) atoms. The monoisotopic (exact) mass is 641 g/mol. The van der Waals surface area contributed by atoms with Gasteiger partial charge in [0.25, 0.3) is 5.91 Å². The number of nitrogens with zero attached hydrogens (tertiary/aromatic N) is 1. The third-order valence-electron chi connectivity index (χ3n) is 5.50. The van der Waals surface area contributed by atoms with Crippen LogP contribution in [0.3, 0.4) is 0 Å². The van der Waals surface area contributed by atoms with Gasteiger partial charge in [0.15, 0.2) is 0 Å². The molecule has 0 atom stereocenters. The molecule has 8 nitrogen and oxygen atoms in total. The van der Waals surface area contributed by atoms with Gasteiger partial charge in [-0.15, -0.1) is 0 Å². The van der Waals surface area contributed by atoms with E-state index >= 15 is 0 Å². The highest BCUT2D eigenvalue weighted by molar-refractivity contribution is 8.26. The van der Waals surface area contributed by atoms with Crippen molar-refractivity contribution < 1.29 is 45.8 Å². The topological polar surface area (TPSA) is 120 Å². The predicted octanol–water partition coefficient (Wildman–Crippen LogP) is 5.31. The van der Waals surface area contributed by atoms with E-state index in [9.17, 15) is 45.5 Å². The van der Waals surface area contributed by atoms with E-state index < -0.39 is 63.0 Å². The van der Waals surface area contributed by atoms with Crippen LogP contribution in [0.1, 0.15) is 36.1 Å². The van der Waals surface area contributed by atoms with E-state index in [1.165, 1.54) is 0 Å². The molecule has 0 radical (unpaired) electrons. The molecule has 220 valence electrons. The summed E-state index contributed by atoms with van der Waals surface area (Å²) in [6, 6.07) is 1.55. The first-order chi connectivity index (χ1) is 19.0. The number of thioether (sulfide) groups is 1. The summed E-state index contributed by atoms with van der Waals surface area (Å²) in [6.45, 7) is -0.0243. The third-order valence-corrected chi connectivity index (χ3v) is 7.26. The number of nitrogens with one attached hydrogen (secondary N) is 2. The Labute approximate surface area is 241 Å². The minimum atomic E-state index is -5.12. The molecule has 2 aromatic rings. The summed E-state index contributed by atoms with van der Waals surface area (Å²) in [6.07, 6.45) is -9.25. The van der Waals surface area contributed by atoms with Gasteiger partial charge in [-0.2, -0.15) is 26.3 Å². The highest BCUT2D eigenvalue weighted by Gasteiger charge is 2.37. The maximum Gasteiger partial charge on any atom is 0.416 e. The second-order valence-corrected chi connectivity index (χ2v) is 10.6. The SMILES string of the molecule is O=C(O)CCCNC(=O)CCN1C(=O)/C(=C/c2[nH]c(-c3cc(C(F)(F)F)cc(C(F)(F)F)c3)cc(=O)c2Cl)SC1=S. The Hall–Kier alpha value is -3.37. The lowest BCUT2D eigenvalue weighted by molar-refractivity contribution is -0.143. The fourth-order valence-corrected chi connectivity index (χ4v) is 4.97. The molecule has 1 aromatic heterocycles. The number of carbonyl (C=O) groups is 3. The number of carboxylic acids is 1. The molecule has 0 unspecified atom stereocenters. The lowest BCUT2D eigenvalue weighted by Crippen LogP contribution is -2.33. The zero-order valence-corrected chi connectivity index (χ0v) is 22.8. The van der Waals surface area contributed by atoms with E-state index in [0.29, 0.717) is 12.1 Å². The first kappa shape index (κ1) is 32.1. The van der Waals surface area contributed by atoms with Crippen LogP contribution in [0.5, 0.6) is 0 Å². The first-order valence-corrected chi connectivity index (χ1v) is 13.0. The molecule has 17 heteroatoms. The van der Waals surface area contributed by atoms with Gasteiger partial charge in [0.05, 0.1) is 21.7 Å². The van der Waals surface area contributed by atoms with Crippen LogP contribution in [0.4, 0.5) is 26.3 Å². The molecule has 1 fully saturated rings. The fourth-order valence-electron chi connectivity index (χ4n) is 3.52. The number of thiocarbonyl (C=S) groups is 1. The number of hydrogen-bond acceptors (Lipinski definition) is 6. The number of pyridine rings is 1. The number of aliphatic carboxylic acids is 1. The summed E-state index contributed by atoms with van der Waals surface area (Å²) in [4.78, 5) is 51.4. The molecule has 1 aromatic carbocycles. The van der Waals surface area contributed by atoms with Crippen molar-refractivity contribution >= 4 is 63.8 Å². The minimum absolute atomic E-state index is 0.0437. The van der Waals surface area contributed by atoms with Crippen LogP contribution in [0.2, 0.25) is 5.02 Å². The molecule has 1 aliphatic rings. The number of H-pyrrole nitrogens is 1. The maximum absolute atomic E-state index is 13.3. The standard InChI is InChI=1S/C24H18ClF6N3O5S2/c25-20-15(10-17-21(39)34(22(40)41-17)5-3-18(36)32-4-1-2-19(37)38)33-14(9-16(20)35)11-6-12(23(26,27)28)8-13(7-11)24(29,30)31/h6-10H,1-5H2,(H,32,36)(H,33,35)(H,37,38)/b17-10-. The molecular weight excluding hydrogens is 624 g/mol. The van der Waals surface area contributed by atoms with Crippen LogP contribution in [0, 0.1) is 0 Å². The smallest absolute Gasteiger partial charge is 0.416 e. The average molecular weight is 642 g/mol. The van der Waals surface area contributed by atoms with Crippen LogP contribution >= 0.6 is 35.6 Å². The van der Waals surface area contributed by atoms with Gasteiger partial charge in [-0.1, -0.05) is 35.6 Å². The van der Waals surface area contributed by atoms with Crippen molar-refractivity contribution in [2.45, 2.75) is 31.6 Å². The number of aromatic amines is 1. The molecule has 0 saturated carbocycles. The van der Waals surface area contributed by atoms with Crippen LogP contribution < -0.4 is 10.7 Å². The van der Waals surface area contributed by atoms with E-state index in [4.69, 9.17) is 28.9 Å². The van der Waals surface area contributed by atoms with Gasteiger partial charge in [0.2, 0.25) is 11.3 Å². The molecule has 0 bridgehead atoms. The van der Waals surface area contributed by atoms with Crippen LogP contribution in [0.25, 0.3) is 17.3 Å². The van der Waals surface area contributed by atoms with Crippen LogP contribution in [-0.4, -0.2) is 50.2 Å². The summed E-state index contributed by atoms with van der Waals surface area (Å²) in [5, 5.41) is 10.6. The number of alkyl halides is 6. The predicted molar refractivity (Wildman–Crippen MR) is 142 cm³/mol. The van der Waals surface area contributed by atoms with Gasteiger partial charge >= 0.3 is 18.3 Å². The number of halogens is 7. The van der Waals surface area contributed by atoms with Crippen molar-refractivity contribution in [3.63, 3.8) is 0 Å². The minimum Gasteiger partial charge on any atom is -0.481 e. The lowest BCUT2D eigenvalue weighted by atomic mass is 10.0. The molecule has 3 rings (SSSR count). The summed E-state index contributed by atoms with van der Waals surface area (Å²) in [5.41, 5.74) is -5.41. The number of carboxylic acid groups (broad SMARTS) is 1. The van der Waals surface area contributed by atoms with Crippen molar-refractivity contribution in [1.29, 1.82) is 0 Å². The molecule has 3 N–H and O–H groups in total. The van der Waals surface area contributed by atoms with Crippen LogP contribution in [0.15, 0.2) is 34.0 Å². The van der Waals surface area contributed by atoms with E-state index in [1.54, 1.807) is 0 Å². The number of amides is 2. The number of carbonyl (C=O) groups excluding carboxylic acids is 2. The van der Waals surface area contributed by atoms with Crippen molar-refractivity contribution in [1.82, 2.24) is 15.2 Å². The van der Waals surface area contributed by atoms with Gasteiger partial charge in [-0.25, -0.2) is 0 Å². The van der Waals surface area contributed by atoms with Crippen LogP contribution in [-0.2, 0) is 26.7 Å². The second kappa shape index (κ2) is 12.7. The quantitative estimate of drug-likeness (QED) is 0.147. The second-order valence-electron chi connectivity index (χ2n) is 8.50. The Bertz CT molecular complexity index is 1460. The Balaban J connectivity index is 1.87. The highest BCUT2D eigenvalue weighted by Crippen LogP contribution is 2.39. The van der Waals surface area contributed by atoms with Crippen molar-refractivity contribution in [3.05, 3.63) is 61.2 Å². The molecule has 2 heterocycles. The average Bonchev–Trinajstić information content (AvgIpc) is 3.13. The Kier molecular flexibility index (Phi) is 9.92. The van der Waals surface area contributed by atoms with Gasteiger partial charge in [0, 0.05) is 37.7 Å².